The van der Waals surface area contributed by atoms with Crippen molar-refractivity contribution in [2.45, 2.75) is 0 Å². The number of nitrogens with one attached hydrogen (secondary N) is 1. The normalized spacial score (nSPS) is 10.8. The van der Waals surface area contributed by atoms with Crippen molar-refractivity contribution in [2.75, 3.05) is 0 Å². The van der Waals surface area contributed by atoms with Crippen LogP contribution in [0.4, 0.5) is 8.78 Å². The summed E-state index contributed by atoms with van der Waals surface area (Å²) in [4.78, 5) is 2.87. The van der Waals surface area contributed by atoms with Crippen LogP contribution in [0.2, 0.25) is 0 Å². The second-order valence-electron chi connectivity index (χ2n) is 4.40. The van der Waals surface area contributed by atoms with E-state index in [1.54, 1.807) is 6.20 Å². The number of benzene rings is 2. The average Bonchev–Trinajstić information content (AvgIpc) is 2.85. The predicted octanol–water partition coefficient (Wildman–Crippen LogP) is 5.24. The Hall–Kier alpha value is -1.79. The van der Waals surface area contributed by atoms with Crippen LogP contribution >= 0.6 is 28.1 Å². The highest BCUT2D eigenvalue weighted by atomic mass is 79.9. The minimum Gasteiger partial charge on any atom is -0.336 e. The van der Waals surface area contributed by atoms with Crippen LogP contribution in [-0.2, 0) is 0 Å². The van der Waals surface area contributed by atoms with Gasteiger partial charge in [-0.2, -0.15) is 0 Å². The summed E-state index contributed by atoms with van der Waals surface area (Å²) in [6.07, 6.45) is 1.68. The standard InChI is InChI=1S/C15H9BrF2N2S/c16-10-6-12(18)13(7-11(10)17)20-14(8-19-15(20)21)9-4-2-1-3-5-9/h1-8H,(H,19,21). The van der Waals surface area contributed by atoms with Gasteiger partial charge in [0.15, 0.2) is 4.77 Å². The second-order valence-corrected chi connectivity index (χ2v) is 5.64. The Balaban J connectivity index is 2.27. The van der Waals surface area contributed by atoms with E-state index in [4.69, 9.17) is 12.2 Å². The van der Waals surface area contributed by atoms with Crippen LogP contribution in [0, 0.1) is 16.4 Å². The molecule has 0 aliphatic carbocycles. The highest BCUT2D eigenvalue weighted by Crippen LogP contribution is 2.28. The van der Waals surface area contributed by atoms with Crippen molar-refractivity contribution in [3.05, 3.63) is 69.5 Å². The number of hydrogen-bond acceptors (Lipinski definition) is 1. The maximum Gasteiger partial charge on any atom is 0.182 e. The molecular weight excluding hydrogens is 358 g/mol. The first-order valence-electron chi connectivity index (χ1n) is 6.08. The number of halogens is 3. The molecule has 0 aliphatic rings. The number of nitrogens with zero attached hydrogens (tertiary/aromatic N) is 1. The van der Waals surface area contributed by atoms with Gasteiger partial charge in [0, 0.05) is 17.8 Å². The molecule has 0 saturated carbocycles. The SMILES string of the molecule is Fc1cc(-n2c(-c3ccccc3)c[nH]c2=S)c(F)cc1Br. The molecule has 0 spiro atoms. The van der Waals surface area contributed by atoms with E-state index < -0.39 is 11.6 Å². The largest absolute Gasteiger partial charge is 0.336 e. The zero-order valence-electron chi connectivity index (χ0n) is 10.6. The molecule has 0 unspecified atom stereocenters. The summed E-state index contributed by atoms with van der Waals surface area (Å²) < 4.78 is 29.8. The molecule has 0 atom stereocenters. The monoisotopic (exact) mass is 366 g/mol. The highest BCUT2D eigenvalue weighted by molar-refractivity contribution is 9.10. The zero-order chi connectivity index (χ0) is 15.0. The maximum atomic E-state index is 14.2. The predicted molar refractivity (Wildman–Crippen MR) is 84.0 cm³/mol. The fraction of sp³-hybridized carbons (Fsp3) is 0. The highest BCUT2D eigenvalue weighted by Gasteiger charge is 2.15. The Labute approximate surface area is 133 Å². The number of hydrogen-bond donors (Lipinski definition) is 1. The smallest absolute Gasteiger partial charge is 0.182 e. The maximum absolute atomic E-state index is 14.2. The quantitative estimate of drug-likeness (QED) is 0.485. The first kappa shape index (κ1) is 14.2. The Bertz CT molecular complexity index is 856. The van der Waals surface area contributed by atoms with Crippen molar-refractivity contribution in [3.8, 4) is 16.9 Å². The first-order valence-corrected chi connectivity index (χ1v) is 7.29. The van der Waals surface area contributed by atoms with Crippen molar-refractivity contribution >= 4 is 28.1 Å². The number of aromatic amines is 1. The van der Waals surface area contributed by atoms with Gasteiger partial charge in [0.1, 0.15) is 11.6 Å². The molecular formula is C15H9BrF2N2S. The van der Waals surface area contributed by atoms with Crippen LogP contribution < -0.4 is 0 Å². The number of aromatic nitrogens is 2. The lowest BCUT2D eigenvalue weighted by Gasteiger charge is -2.10. The van der Waals surface area contributed by atoms with Crippen LogP contribution in [0.3, 0.4) is 0 Å². The van der Waals surface area contributed by atoms with Gasteiger partial charge in [-0.3, -0.25) is 4.57 Å². The van der Waals surface area contributed by atoms with Gasteiger partial charge >= 0.3 is 0 Å². The van der Waals surface area contributed by atoms with Crippen molar-refractivity contribution in [1.29, 1.82) is 0 Å². The van der Waals surface area contributed by atoms with E-state index in [1.165, 1.54) is 4.57 Å². The molecule has 21 heavy (non-hydrogen) atoms. The van der Waals surface area contributed by atoms with Gasteiger partial charge in [0.05, 0.1) is 15.9 Å². The molecule has 1 N–H and O–H groups in total. The second kappa shape index (κ2) is 5.54. The molecule has 106 valence electrons. The molecule has 1 aromatic heterocycles. The summed E-state index contributed by atoms with van der Waals surface area (Å²) in [5.74, 6) is -1.11. The van der Waals surface area contributed by atoms with Crippen molar-refractivity contribution in [2.24, 2.45) is 0 Å². The Morgan fingerprint density at radius 1 is 1.05 bits per heavy atom. The van der Waals surface area contributed by atoms with Gasteiger partial charge in [0.25, 0.3) is 0 Å². The molecule has 3 rings (SSSR count). The fourth-order valence-electron chi connectivity index (χ4n) is 2.11. The average molecular weight is 367 g/mol. The molecule has 3 aromatic rings. The van der Waals surface area contributed by atoms with E-state index in [9.17, 15) is 8.78 Å². The summed E-state index contributed by atoms with van der Waals surface area (Å²) in [6, 6.07) is 11.6. The topological polar surface area (TPSA) is 20.7 Å². The minimum absolute atomic E-state index is 0.0702. The van der Waals surface area contributed by atoms with Gasteiger partial charge < -0.3 is 4.98 Å². The molecule has 0 bridgehead atoms. The third kappa shape index (κ3) is 2.56. The Kier molecular flexibility index (Phi) is 3.73. The molecule has 0 amide bonds. The molecule has 0 aliphatic heterocycles. The van der Waals surface area contributed by atoms with Crippen LogP contribution in [0.25, 0.3) is 16.9 Å². The lowest BCUT2D eigenvalue weighted by atomic mass is 10.1. The summed E-state index contributed by atoms with van der Waals surface area (Å²) in [5, 5.41) is 0. The summed E-state index contributed by atoms with van der Waals surface area (Å²) in [5.41, 5.74) is 1.59. The molecule has 2 aromatic carbocycles. The summed E-state index contributed by atoms with van der Waals surface area (Å²) in [6.45, 7) is 0. The van der Waals surface area contributed by atoms with Crippen LogP contribution in [0.5, 0.6) is 0 Å². The van der Waals surface area contributed by atoms with E-state index in [0.717, 1.165) is 17.7 Å². The molecule has 2 nitrogen and oxygen atoms in total. The lowest BCUT2D eigenvalue weighted by Crippen LogP contribution is -2.01. The lowest BCUT2D eigenvalue weighted by molar-refractivity contribution is 0.587. The van der Waals surface area contributed by atoms with E-state index in [1.807, 2.05) is 30.3 Å². The number of rotatable bonds is 2. The summed E-state index contributed by atoms with van der Waals surface area (Å²) in [7, 11) is 0. The van der Waals surface area contributed by atoms with Gasteiger partial charge in [-0.15, -0.1) is 0 Å². The zero-order valence-corrected chi connectivity index (χ0v) is 13.0. The number of H-pyrrole nitrogens is 1. The van der Waals surface area contributed by atoms with Crippen LogP contribution in [0.15, 0.2) is 53.1 Å². The third-order valence-electron chi connectivity index (χ3n) is 3.08. The van der Waals surface area contributed by atoms with Crippen molar-refractivity contribution < 1.29 is 8.78 Å². The molecule has 0 fully saturated rings. The Morgan fingerprint density at radius 2 is 1.76 bits per heavy atom. The third-order valence-corrected chi connectivity index (χ3v) is 3.98. The van der Waals surface area contributed by atoms with E-state index in [0.29, 0.717) is 10.5 Å². The van der Waals surface area contributed by atoms with Gasteiger partial charge in [-0.1, -0.05) is 30.3 Å². The van der Waals surface area contributed by atoms with E-state index in [-0.39, 0.29) is 10.2 Å². The van der Waals surface area contributed by atoms with E-state index >= 15 is 0 Å². The van der Waals surface area contributed by atoms with E-state index in [2.05, 4.69) is 20.9 Å². The van der Waals surface area contributed by atoms with Crippen molar-refractivity contribution in [3.63, 3.8) is 0 Å². The Morgan fingerprint density at radius 3 is 2.48 bits per heavy atom. The minimum atomic E-state index is -0.559. The van der Waals surface area contributed by atoms with Crippen LogP contribution in [0.1, 0.15) is 0 Å². The molecule has 0 saturated heterocycles. The van der Waals surface area contributed by atoms with Gasteiger partial charge in [0.2, 0.25) is 0 Å². The number of imidazole rings is 1. The summed E-state index contributed by atoms with van der Waals surface area (Å²) >= 11 is 8.16. The van der Waals surface area contributed by atoms with Crippen LogP contribution in [-0.4, -0.2) is 9.55 Å². The molecule has 1 heterocycles. The molecule has 0 radical (unpaired) electrons. The van der Waals surface area contributed by atoms with Gasteiger partial charge in [-0.05, 0) is 34.2 Å². The van der Waals surface area contributed by atoms with Crippen molar-refractivity contribution in [1.82, 2.24) is 9.55 Å². The first-order chi connectivity index (χ1) is 10.1. The fourth-order valence-corrected chi connectivity index (χ4v) is 2.68. The molecule has 6 heteroatoms. The van der Waals surface area contributed by atoms with Gasteiger partial charge in [-0.25, -0.2) is 8.78 Å².